The molecule has 1 atom stereocenters. The van der Waals surface area contributed by atoms with Gasteiger partial charge in [-0.3, -0.25) is 0 Å². The zero-order valence-electron chi connectivity index (χ0n) is 12.2. The Hall–Kier alpha value is -1.53. The van der Waals surface area contributed by atoms with Crippen molar-refractivity contribution < 1.29 is 9.84 Å². The second-order valence-corrected chi connectivity index (χ2v) is 6.22. The van der Waals surface area contributed by atoms with Gasteiger partial charge in [0.25, 0.3) is 0 Å². The van der Waals surface area contributed by atoms with Crippen molar-refractivity contribution >= 4 is 11.8 Å². The van der Waals surface area contributed by atoms with Crippen molar-refractivity contribution in [3.8, 4) is 5.75 Å². The number of aliphatic hydroxyl groups excluding tert-OH is 1. The van der Waals surface area contributed by atoms with Gasteiger partial charge >= 0.3 is 0 Å². The topological polar surface area (TPSA) is 60.2 Å². The Balaban J connectivity index is 1.67. The normalized spacial score (nSPS) is 16.0. The highest BCUT2D eigenvalue weighted by molar-refractivity contribution is 7.99. The highest BCUT2D eigenvalue weighted by atomic mass is 32.2. The number of aliphatic hydroxyl groups is 1. The van der Waals surface area contributed by atoms with E-state index >= 15 is 0 Å². The molecule has 1 saturated carbocycles. The molecule has 0 bridgehead atoms. The number of rotatable bonds is 6. The largest absolute Gasteiger partial charge is 0.497 e. The Morgan fingerprint density at radius 3 is 2.95 bits per heavy atom. The van der Waals surface area contributed by atoms with Crippen LogP contribution in [0.2, 0.25) is 0 Å². The van der Waals surface area contributed by atoms with Crippen molar-refractivity contribution in [1.82, 2.24) is 14.8 Å². The molecule has 1 aromatic carbocycles. The predicted molar refractivity (Wildman–Crippen MR) is 81.7 cm³/mol. The molecule has 1 aliphatic carbocycles. The molecule has 0 spiro atoms. The van der Waals surface area contributed by atoms with Crippen LogP contribution in [0.25, 0.3) is 0 Å². The number of hydrogen-bond donors (Lipinski definition) is 1. The van der Waals surface area contributed by atoms with Crippen LogP contribution in [0.5, 0.6) is 5.75 Å². The van der Waals surface area contributed by atoms with Gasteiger partial charge in [0.2, 0.25) is 0 Å². The van der Waals surface area contributed by atoms with Crippen molar-refractivity contribution in [3.63, 3.8) is 0 Å². The van der Waals surface area contributed by atoms with Gasteiger partial charge in [-0.25, -0.2) is 0 Å². The van der Waals surface area contributed by atoms with Crippen LogP contribution in [0.3, 0.4) is 0 Å². The van der Waals surface area contributed by atoms with Gasteiger partial charge in [0.15, 0.2) is 5.16 Å². The number of aromatic nitrogens is 3. The highest BCUT2D eigenvalue weighted by Gasteiger charge is 2.28. The lowest BCUT2D eigenvalue weighted by Crippen LogP contribution is -2.04. The van der Waals surface area contributed by atoms with Crippen LogP contribution in [0.15, 0.2) is 29.4 Å². The molecule has 1 unspecified atom stereocenters. The summed E-state index contributed by atoms with van der Waals surface area (Å²) < 4.78 is 7.37. The molecule has 6 heteroatoms. The summed E-state index contributed by atoms with van der Waals surface area (Å²) >= 11 is 1.55. The summed E-state index contributed by atoms with van der Waals surface area (Å²) in [6.45, 7) is 1.98. The highest BCUT2D eigenvalue weighted by Crippen LogP contribution is 2.39. The van der Waals surface area contributed by atoms with Gasteiger partial charge in [-0.2, -0.15) is 0 Å². The molecule has 0 amide bonds. The lowest BCUT2D eigenvalue weighted by atomic mass is 10.1. The van der Waals surface area contributed by atoms with Crippen LogP contribution in [-0.2, 0) is 0 Å². The molecule has 1 N–H and O–H groups in total. The van der Waals surface area contributed by atoms with Crippen LogP contribution >= 0.6 is 11.8 Å². The van der Waals surface area contributed by atoms with Crippen LogP contribution in [0, 0.1) is 6.92 Å². The lowest BCUT2D eigenvalue weighted by Gasteiger charge is -2.12. The summed E-state index contributed by atoms with van der Waals surface area (Å²) in [5.74, 6) is 2.27. The first-order chi connectivity index (χ1) is 10.2. The quantitative estimate of drug-likeness (QED) is 0.832. The molecule has 21 heavy (non-hydrogen) atoms. The molecular formula is C15H19N3O2S. The maximum Gasteiger partial charge on any atom is 0.191 e. The summed E-state index contributed by atoms with van der Waals surface area (Å²) in [4.78, 5) is 0. The number of methoxy groups -OCH3 is 1. The van der Waals surface area contributed by atoms with E-state index in [0.29, 0.717) is 11.8 Å². The Labute approximate surface area is 128 Å². The van der Waals surface area contributed by atoms with Crippen molar-refractivity contribution in [2.75, 3.05) is 12.9 Å². The molecule has 0 radical (unpaired) electrons. The maximum atomic E-state index is 10.3. The second-order valence-electron chi connectivity index (χ2n) is 5.23. The van der Waals surface area contributed by atoms with E-state index < -0.39 is 6.10 Å². The third-order valence-electron chi connectivity index (χ3n) is 3.60. The summed E-state index contributed by atoms with van der Waals surface area (Å²) in [5.41, 5.74) is 0.857. The van der Waals surface area contributed by atoms with Crippen molar-refractivity contribution in [3.05, 3.63) is 35.7 Å². The average Bonchev–Trinajstić information content (AvgIpc) is 3.28. The minimum atomic E-state index is -0.547. The molecule has 0 aliphatic heterocycles. The summed E-state index contributed by atoms with van der Waals surface area (Å²) in [6.07, 6.45) is 1.85. The van der Waals surface area contributed by atoms with E-state index in [0.717, 1.165) is 22.3 Å². The third kappa shape index (κ3) is 3.22. The van der Waals surface area contributed by atoms with Gasteiger partial charge in [0.05, 0.1) is 13.2 Å². The standard InChI is InChI=1S/C15H19N3O2S/c1-10-16-17-15(18(10)12-6-7-12)21-9-14(19)11-4-3-5-13(8-11)20-2/h3-5,8,12,14,19H,6-7,9H2,1-2H3. The van der Waals surface area contributed by atoms with Crippen molar-refractivity contribution in [2.24, 2.45) is 0 Å². The molecule has 3 rings (SSSR count). The van der Waals surface area contributed by atoms with E-state index in [1.165, 1.54) is 12.8 Å². The summed E-state index contributed by atoms with van der Waals surface area (Å²) in [6, 6.07) is 8.08. The summed E-state index contributed by atoms with van der Waals surface area (Å²) in [7, 11) is 1.63. The predicted octanol–water partition coefficient (Wildman–Crippen LogP) is 2.76. The first-order valence-electron chi connectivity index (χ1n) is 7.05. The van der Waals surface area contributed by atoms with Crippen LogP contribution in [-0.4, -0.2) is 32.7 Å². The number of benzene rings is 1. The van der Waals surface area contributed by atoms with E-state index in [1.54, 1.807) is 18.9 Å². The second kappa shape index (κ2) is 6.07. The van der Waals surface area contributed by atoms with Gasteiger partial charge in [-0.05, 0) is 37.5 Å². The number of hydrogen-bond acceptors (Lipinski definition) is 5. The van der Waals surface area contributed by atoms with Gasteiger partial charge < -0.3 is 14.4 Å². The number of thioether (sulfide) groups is 1. The van der Waals surface area contributed by atoms with Gasteiger partial charge in [0, 0.05) is 11.8 Å². The molecule has 1 heterocycles. The van der Waals surface area contributed by atoms with Gasteiger partial charge in [0.1, 0.15) is 11.6 Å². The molecule has 1 aliphatic rings. The zero-order chi connectivity index (χ0) is 14.8. The zero-order valence-corrected chi connectivity index (χ0v) is 13.0. The molecule has 2 aromatic rings. The Bertz CT molecular complexity index is 625. The lowest BCUT2D eigenvalue weighted by molar-refractivity contribution is 0.203. The fourth-order valence-electron chi connectivity index (χ4n) is 2.30. The number of aryl methyl sites for hydroxylation is 1. The fraction of sp³-hybridized carbons (Fsp3) is 0.467. The first kappa shape index (κ1) is 14.4. The van der Waals surface area contributed by atoms with E-state index in [9.17, 15) is 5.11 Å². The molecular weight excluding hydrogens is 286 g/mol. The molecule has 112 valence electrons. The average molecular weight is 305 g/mol. The summed E-state index contributed by atoms with van der Waals surface area (Å²) in [5, 5.41) is 19.6. The SMILES string of the molecule is COc1cccc(C(O)CSc2nnc(C)n2C2CC2)c1. The third-order valence-corrected chi connectivity index (χ3v) is 4.61. The Morgan fingerprint density at radius 1 is 1.43 bits per heavy atom. The van der Waals surface area contributed by atoms with Crippen LogP contribution in [0.1, 0.15) is 36.4 Å². The number of ether oxygens (including phenoxy) is 1. The molecule has 1 aromatic heterocycles. The van der Waals surface area contributed by atoms with E-state index in [-0.39, 0.29) is 0 Å². The van der Waals surface area contributed by atoms with E-state index in [1.807, 2.05) is 31.2 Å². The molecule has 0 saturated heterocycles. The molecule has 1 fully saturated rings. The minimum Gasteiger partial charge on any atom is -0.497 e. The van der Waals surface area contributed by atoms with E-state index in [2.05, 4.69) is 14.8 Å². The van der Waals surface area contributed by atoms with E-state index in [4.69, 9.17) is 4.74 Å². The van der Waals surface area contributed by atoms with Crippen LogP contribution < -0.4 is 4.74 Å². The van der Waals surface area contributed by atoms with Crippen molar-refractivity contribution in [1.29, 1.82) is 0 Å². The minimum absolute atomic E-state index is 0.547. The fourth-order valence-corrected chi connectivity index (χ4v) is 3.32. The number of nitrogens with zero attached hydrogens (tertiary/aromatic N) is 3. The Morgan fingerprint density at radius 2 is 2.24 bits per heavy atom. The van der Waals surface area contributed by atoms with Crippen molar-refractivity contribution in [2.45, 2.75) is 37.1 Å². The monoisotopic (exact) mass is 305 g/mol. The van der Waals surface area contributed by atoms with Crippen LogP contribution in [0.4, 0.5) is 0 Å². The maximum absolute atomic E-state index is 10.3. The first-order valence-corrected chi connectivity index (χ1v) is 8.04. The smallest absolute Gasteiger partial charge is 0.191 e. The van der Waals surface area contributed by atoms with Gasteiger partial charge in [-0.15, -0.1) is 10.2 Å². The molecule has 5 nitrogen and oxygen atoms in total. The van der Waals surface area contributed by atoms with Gasteiger partial charge in [-0.1, -0.05) is 23.9 Å². The Kier molecular flexibility index (Phi) is 4.17.